The van der Waals surface area contributed by atoms with Crippen LogP contribution in [0.1, 0.15) is 11.6 Å². The van der Waals surface area contributed by atoms with Gasteiger partial charge in [-0.3, -0.25) is 0 Å². The van der Waals surface area contributed by atoms with Gasteiger partial charge in [0, 0.05) is 22.4 Å². The highest BCUT2D eigenvalue weighted by Gasteiger charge is 2.47. The van der Waals surface area contributed by atoms with Gasteiger partial charge in [0.25, 0.3) is 0 Å². The van der Waals surface area contributed by atoms with E-state index in [1.165, 1.54) is 34.9 Å². The summed E-state index contributed by atoms with van der Waals surface area (Å²) in [6.45, 7) is -0.421. The van der Waals surface area contributed by atoms with Crippen LogP contribution >= 0.6 is 46.3 Å². The van der Waals surface area contributed by atoms with Gasteiger partial charge in [-0.15, -0.1) is 16.4 Å². The van der Waals surface area contributed by atoms with Crippen molar-refractivity contribution in [1.82, 2.24) is 20.0 Å². The number of rotatable bonds is 6. The van der Waals surface area contributed by atoms with E-state index in [1.54, 1.807) is 29.8 Å². The van der Waals surface area contributed by atoms with E-state index in [4.69, 9.17) is 32.7 Å². The lowest BCUT2D eigenvalue weighted by atomic mass is 9.97. The van der Waals surface area contributed by atoms with Crippen molar-refractivity contribution in [3.05, 3.63) is 45.5 Å². The highest BCUT2D eigenvalue weighted by Crippen LogP contribution is 2.41. The molecule has 1 aliphatic heterocycles. The molecular formula is C19H17Cl2N5O4S2. The van der Waals surface area contributed by atoms with Crippen molar-refractivity contribution in [2.45, 2.75) is 34.7 Å². The maximum atomic E-state index is 10.9. The van der Waals surface area contributed by atoms with E-state index < -0.39 is 36.4 Å². The van der Waals surface area contributed by atoms with Gasteiger partial charge < -0.3 is 19.7 Å². The van der Waals surface area contributed by atoms with Crippen molar-refractivity contribution in [2.75, 3.05) is 13.7 Å². The Hall–Kier alpha value is -1.75. The Labute approximate surface area is 201 Å². The molecule has 3 unspecified atom stereocenters. The standard InChI is InChI=1S/C19H17Cl2N5O4S2/c1-29-17-15(26-6-11(24-25-26)18-23-14(21)8-31-18)16(28)12(7-27)30-19(17)32-13-4-10(20)3-2-9(13)5-22/h2-4,6,8,12,15-17,19,27-28H,7H2,1H3/t12?,15?,16-,17?,19+/m0/s1. The van der Waals surface area contributed by atoms with Crippen molar-refractivity contribution in [3.8, 4) is 16.8 Å². The molecule has 0 saturated carbocycles. The number of hydrogen-bond donors (Lipinski definition) is 2. The van der Waals surface area contributed by atoms with E-state index in [1.807, 2.05) is 0 Å². The van der Waals surface area contributed by atoms with E-state index in [-0.39, 0.29) is 0 Å². The van der Waals surface area contributed by atoms with Crippen LogP contribution in [0.25, 0.3) is 10.7 Å². The Kier molecular flexibility index (Phi) is 7.34. The number of nitrogens with zero attached hydrogens (tertiary/aromatic N) is 5. The second-order valence-corrected chi connectivity index (χ2v) is 9.66. The number of aliphatic hydroxyl groups excluding tert-OH is 2. The lowest BCUT2D eigenvalue weighted by Gasteiger charge is -2.43. The summed E-state index contributed by atoms with van der Waals surface area (Å²) in [5.74, 6) is 0. The number of nitriles is 1. The van der Waals surface area contributed by atoms with Crippen LogP contribution < -0.4 is 0 Å². The first-order chi connectivity index (χ1) is 15.4. The largest absolute Gasteiger partial charge is 0.394 e. The van der Waals surface area contributed by atoms with Crippen molar-refractivity contribution < 1.29 is 19.7 Å². The molecule has 0 radical (unpaired) electrons. The molecule has 1 saturated heterocycles. The van der Waals surface area contributed by atoms with E-state index >= 15 is 0 Å². The molecule has 0 bridgehead atoms. The normalized spacial score (nSPS) is 25.6. The minimum Gasteiger partial charge on any atom is -0.394 e. The van der Waals surface area contributed by atoms with Gasteiger partial charge >= 0.3 is 0 Å². The summed E-state index contributed by atoms with van der Waals surface area (Å²) in [6, 6.07) is 6.31. The van der Waals surface area contributed by atoms with Crippen LogP contribution in [0.2, 0.25) is 10.2 Å². The zero-order chi connectivity index (χ0) is 22.8. The smallest absolute Gasteiger partial charge is 0.147 e. The molecule has 13 heteroatoms. The molecule has 9 nitrogen and oxygen atoms in total. The minimum atomic E-state index is -1.13. The molecule has 168 valence electrons. The number of benzene rings is 1. The first-order valence-electron chi connectivity index (χ1n) is 9.32. The number of ether oxygens (including phenoxy) is 2. The first kappa shape index (κ1) is 23.4. The number of thiazole rings is 1. The summed E-state index contributed by atoms with van der Waals surface area (Å²) in [7, 11) is 1.49. The second-order valence-electron chi connectivity index (χ2n) is 6.84. The number of halogens is 2. The van der Waals surface area contributed by atoms with Gasteiger partial charge in [0.05, 0.1) is 18.4 Å². The molecule has 0 spiro atoms. The molecule has 3 heterocycles. The zero-order valence-electron chi connectivity index (χ0n) is 16.5. The molecule has 1 aliphatic rings. The van der Waals surface area contributed by atoms with Crippen molar-refractivity contribution in [1.29, 1.82) is 5.26 Å². The predicted molar refractivity (Wildman–Crippen MR) is 120 cm³/mol. The molecular weight excluding hydrogens is 497 g/mol. The SMILES string of the molecule is COC1C(n2cc(-c3nc(Cl)cs3)nn2)[C@@H](O)C(CO)O[C@@H]1Sc1cc(Cl)ccc1C#N. The van der Waals surface area contributed by atoms with E-state index in [0.29, 0.717) is 31.3 Å². The molecule has 32 heavy (non-hydrogen) atoms. The third-order valence-corrected chi connectivity index (χ3v) is 7.54. The van der Waals surface area contributed by atoms with E-state index in [2.05, 4.69) is 21.4 Å². The fraction of sp³-hybridized carbons (Fsp3) is 0.368. The third-order valence-electron chi connectivity index (χ3n) is 4.91. The van der Waals surface area contributed by atoms with Crippen LogP contribution in [-0.2, 0) is 9.47 Å². The summed E-state index contributed by atoms with van der Waals surface area (Å²) < 4.78 is 13.1. The van der Waals surface area contributed by atoms with Crippen LogP contribution in [0.15, 0.2) is 34.7 Å². The quantitative estimate of drug-likeness (QED) is 0.511. The number of aromatic nitrogens is 4. The number of thioether (sulfide) groups is 1. The van der Waals surface area contributed by atoms with Gasteiger partial charge in [-0.2, -0.15) is 5.26 Å². The molecule has 1 fully saturated rings. The molecule has 3 aromatic rings. The maximum Gasteiger partial charge on any atom is 0.147 e. The van der Waals surface area contributed by atoms with Gasteiger partial charge in [0.2, 0.25) is 0 Å². The zero-order valence-corrected chi connectivity index (χ0v) is 19.6. The fourth-order valence-electron chi connectivity index (χ4n) is 3.41. The molecule has 2 aromatic heterocycles. The van der Waals surface area contributed by atoms with Crippen LogP contribution in [0, 0.1) is 11.3 Å². The summed E-state index contributed by atoms with van der Waals surface area (Å²) >= 11 is 14.6. The molecule has 0 aliphatic carbocycles. The predicted octanol–water partition coefficient (Wildman–Crippen LogP) is 3.01. The topological polar surface area (TPSA) is 126 Å². The second kappa shape index (κ2) is 10.0. The fourth-order valence-corrected chi connectivity index (χ4v) is 5.83. The molecule has 5 atom stereocenters. The van der Waals surface area contributed by atoms with Crippen LogP contribution in [0.4, 0.5) is 0 Å². The van der Waals surface area contributed by atoms with Crippen molar-refractivity contribution in [2.24, 2.45) is 0 Å². The maximum absolute atomic E-state index is 10.9. The van der Waals surface area contributed by atoms with Gasteiger partial charge in [-0.25, -0.2) is 9.67 Å². The van der Waals surface area contributed by atoms with Crippen LogP contribution in [0.5, 0.6) is 0 Å². The number of hydrogen-bond acceptors (Lipinski definition) is 10. The lowest BCUT2D eigenvalue weighted by molar-refractivity contribution is -0.186. The first-order valence-corrected chi connectivity index (χ1v) is 11.8. The van der Waals surface area contributed by atoms with E-state index in [0.717, 1.165) is 0 Å². The van der Waals surface area contributed by atoms with Crippen molar-refractivity contribution in [3.63, 3.8) is 0 Å². The summed E-state index contributed by atoms with van der Waals surface area (Å²) in [4.78, 5) is 4.78. The highest BCUT2D eigenvalue weighted by molar-refractivity contribution is 7.99. The summed E-state index contributed by atoms with van der Waals surface area (Å²) in [6.07, 6.45) is -1.10. The minimum absolute atomic E-state index is 0.354. The van der Waals surface area contributed by atoms with Gasteiger partial charge in [0.15, 0.2) is 0 Å². The van der Waals surface area contributed by atoms with E-state index in [9.17, 15) is 15.5 Å². The number of aliphatic hydroxyl groups is 2. The average Bonchev–Trinajstić information content (AvgIpc) is 3.43. The summed E-state index contributed by atoms with van der Waals surface area (Å²) in [5, 5.41) is 41.6. The molecule has 4 rings (SSSR count). The third kappa shape index (κ3) is 4.64. The van der Waals surface area contributed by atoms with Gasteiger partial charge in [-0.05, 0) is 18.2 Å². The Bertz CT molecular complexity index is 1140. The Morgan fingerprint density at radius 1 is 1.41 bits per heavy atom. The molecule has 2 N–H and O–H groups in total. The average molecular weight is 514 g/mol. The lowest BCUT2D eigenvalue weighted by Crippen LogP contribution is -2.55. The Morgan fingerprint density at radius 2 is 2.22 bits per heavy atom. The number of methoxy groups -OCH3 is 1. The molecule has 1 aromatic carbocycles. The monoisotopic (exact) mass is 513 g/mol. The van der Waals surface area contributed by atoms with Gasteiger partial charge in [-0.1, -0.05) is 40.2 Å². The van der Waals surface area contributed by atoms with Gasteiger partial charge in [0.1, 0.15) is 51.7 Å². The van der Waals surface area contributed by atoms with Crippen molar-refractivity contribution >= 4 is 46.3 Å². The summed E-state index contributed by atoms with van der Waals surface area (Å²) in [5.41, 5.74) is 0.227. The Morgan fingerprint density at radius 3 is 2.88 bits per heavy atom. The van der Waals surface area contributed by atoms with Crippen LogP contribution in [-0.4, -0.2) is 67.7 Å². The molecule has 0 amide bonds. The highest BCUT2D eigenvalue weighted by atomic mass is 35.5. The Balaban J connectivity index is 1.68. The van der Waals surface area contributed by atoms with Crippen LogP contribution in [0.3, 0.4) is 0 Å².